The third kappa shape index (κ3) is 2.74. The van der Waals surface area contributed by atoms with Crippen molar-refractivity contribution in [1.29, 1.82) is 0 Å². The molecule has 0 aliphatic heterocycles. The van der Waals surface area contributed by atoms with Crippen LogP contribution in [0.3, 0.4) is 0 Å². The number of methoxy groups -OCH3 is 1. The molecule has 0 aromatic rings. The van der Waals surface area contributed by atoms with Crippen LogP contribution < -0.4 is 0 Å². The first kappa shape index (κ1) is 10.2. The zero-order chi connectivity index (χ0) is 9.02. The molecule has 0 unspecified atom stereocenters. The first-order valence-electron chi connectivity index (χ1n) is 3.76. The largest absolute Gasteiger partial charge is 0.466 e. The van der Waals surface area contributed by atoms with Gasteiger partial charge in [0.15, 0.2) is 0 Å². The highest BCUT2D eigenvalue weighted by Gasteiger charge is 2.09. The molecule has 0 radical (unpaired) electrons. The highest BCUT2D eigenvalue weighted by molar-refractivity contribution is 5.88. The number of ether oxygens (including phenoxy) is 1. The fourth-order valence-electron chi connectivity index (χ4n) is 0.747. The van der Waals surface area contributed by atoms with E-state index in [1.165, 1.54) is 7.11 Å². The van der Waals surface area contributed by atoms with Gasteiger partial charge in [-0.05, 0) is 19.8 Å². The first-order valence-corrected chi connectivity index (χ1v) is 3.76. The number of carbonyl (C=O) groups is 1. The molecule has 0 aliphatic carbocycles. The molecule has 0 amide bonds. The number of allylic oxidation sites excluding steroid dienone is 1. The second kappa shape index (κ2) is 4.16. The molecule has 0 saturated carbocycles. The van der Waals surface area contributed by atoms with E-state index in [9.17, 15) is 4.79 Å². The van der Waals surface area contributed by atoms with Crippen molar-refractivity contribution in [1.82, 2.24) is 0 Å². The first-order chi connectivity index (χ1) is 5.00. The summed E-state index contributed by atoms with van der Waals surface area (Å²) in [7, 11) is 1.40. The zero-order valence-corrected chi connectivity index (χ0v) is 7.89. The molecule has 0 aliphatic rings. The molecule has 0 fully saturated rings. The summed E-state index contributed by atoms with van der Waals surface area (Å²) in [6.07, 6.45) is 0. The minimum Gasteiger partial charge on any atom is -0.466 e. The van der Waals surface area contributed by atoms with Gasteiger partial charge in [-0.15, -0.1) is 0 Å². The Hall–Kier alpha value is -0.790. The lowest BCUT2D eigenvalue weighted by molar-refractivity contribution is -0.136. The predicted molar refractivity (Wildman–Crippen MR) is 45.2 cm³/mol. The lowest BCUT2D eigenvalue weighted by Crippen LogP contribution is -2.06. The van der Waals surface area contributed by atoms with Gasteiger partial charge in [-0.1, -0.05) is 19.4 Å². The fourth-order valence-corrected chi connectivity index (χ4v) is 0.747. The number of carbonyl (C=O) groups excluding carboxylic acids is 1. The maximum Gasteiger partial charge on any atom is 0.333 e. The zero-order valence-electron chi connectivity index (χ0n) is 7.89. The number of rotatable bonds is 2. The molecule has 0 rings (SSSR count). The van der Waals surface area contributed by atoms with E-state index in [1.807, 2.05) is 6.92 Å². The van der Waals surface area contributed by atoms with Gasteiger partial charge in [0.2, 0.25) is 0 Å². The van der Waals surface area contributed by atoms with Gasteiger partial charge < -0.3 is 4.74 Å². The summed E-state index contributed by atoms with van der Waals surface area (Å²) in [6.45, 7) is 7.86. The van der Waals surface area contributed by atoms with E-state index in [1.54, 1.807) is 6.92 Å². The fraction of sp³-hybridized carbons (Fsp3) is 0.667. The van der Waals surface area contributed by atoms with Gasteiger partial charge in [-0.3, -0.25) is 0 Å². The summed E-state index contributed by atoms with van der Waals surface area (Å²) >= 11 is 0. The van der Waals surface area contributed by atoms with Gasteiger partial charge >= 0.3 is 5.97 Å². The van der Waals surface area contributed by atoms with E-state index < -0.39 is 0 Å². The van der Waals surface area contributed by atoms with Crippen molar-refractivity contribution < 1.29 is 9.53 Å². The Kier molecular flexibility index (Phi) is 3.86. The molecular formula is C9H16O2. The van der Waals surface area contributed by atoms with Crippen molar-refractivity contribution in [3.63, 3.8) is 0 Å². The SMILES string of the molecule is COC(=O)/C(C)=C(\C)C(C)C. The Labute approximate surface area is 68.2 Å². The van der Waals surface area contributed by atoms with Crippen molar-refractivity contribution in [2.24, 2.45) is 5.92 Å². The van der Waals surface area contributed by atoms with E-state index in [-0.39, 0.29) is 5.97 Å². The molecule has 2 heteroatoms. The van der Waals surface area contributed by atoms with E-state index >= 15 is 0 Å². The van der Waals surface area contributed by atoms with Crippen molar-refractivity contribution in [3.05, 3.63) is 11.1 Å². The van der Waals surface area contributed by atoms with Crippen LogP contribution in [0, 0.1) is 5.92 Å². The Morgan fingerprint density at radius 1 is 1.27 bits per heavy atom. The van der Waals surface area contributed by atoms with Crippen LogP contribution in [-0.2, 0) is 9.53 Å². The Balaban J connectivity index is 4.52. The summed E-state index contributed by atoms with van der Waals surface area (Å²) in [5, 5.41) is 0. The molecule has 11 heavy (non-hydrogen) atoms. The summed E-state index contributed by atoms with van der Waals surface area (Å²) < 4.78 is 4.59. The van der Waals surface area contributed by atoms with Gasteiger partial charge in [0.05, 0.1) is 7.11 Å². The number of hydrogen-bond donors (Lipinski definition) is 0. The van der Waals surface area contributed by atoms with Gasteiger partial charge in [0.25, 0.3) is 0 Å². The van der Waals surface area contributed by atoms with Crippen molar-refractivity contribution >= 4 is 5.97 Å². The molecular weight excluding hydrogens is 140 g/mol. The summed E-state index contributed by atoms with van der Waals surface area (Å²) in [5.41, 5.74) is 1.82. The minimum atomic E-state index is -0.226. The average molecular weight is 156 g/mol. The van der Waals surface area contributed by atoms with Crippen LogP contribution >= 0.6 is 0 Å². The van der Waals surface area contributed by atoms with Crippen molar-refractivity contribution in [2.75, 3.05) is 7.11 Å². The normalized spacial score (nSPS) is 12.9. The minimum absolute atomic E-state index is 0.226. The van der Waals surface area contributed by atoms with Crippen LogP contribution in [0.25, 0.3) is 0 Å². The summed E-state index contributed by atoms with van der Waals surface area (Å²) in [6, 6.07) is 0. The molecule has 0 bridgehead atoms. The van der Waals surface area contributed by atoms with Crippen LogP contribution in [0.5, 0.6) is 0 Å². The third-order valence-electron chi connectivity index (χ3n) is 1.95. The second-order valence-electron chi connectivity index (χ2n) is 2.95. The van der Waals surface area contributed by atoms with E-state index in [2.05, 4.69) is 18.6 Å². The molecule has 0 saturated heterocycles. The van der Waals surface area contributed by atoms with Crippen LogP contribution in [0.4, 0.5) is 0 Å². The standard InChI is InChI=1S/C9H16O2/c1-6(2)7(3)8(4)9(10)11-5/h6H,1-5H3/b8-7+. The van der Waals surface area contributed by atoms with Crippen LogP contribution in [0.1, 0.15) is 27.7 Å². The van der Waals surface area contributed by atoms with Gasteiger partial charge in [-0.25, -0.2) is 4.79 Å². The summed E-state index contributed by atoms with van der Waals surface area (Å²) in [5.74, 6) is 0.185. The number of hydrogen-bond acceptors (Lipinski definition) is 2. The van der Waals surface area contributed by atoms with Gasteiger partial charge in [0, 0.05) is 5.57 Å². The van der Waals surface area contributed by atoms with Gasteiger partial charge in [0.1, 0.15) is 0 Å². The Morgan fingerprint density at radius 2 is 1.73 bits per heavy atom. The second-order valence-corrected chi connectivity index (χ2v) is 2.95. The molecule has 2 nitrogen and oxygen atoms in total. The van der Waals surface area contributed by atoms with E-state index in [0.29, 0.717) is 5.92 Å². The van der Waals surface area contributed by atoms with Crippen LogP contribution in [0.2, 0.25) is 0 Å². The molecule has 64 valence electrons. The van der Waals surface area contributed by atoms with Crippen LogP contribution in [0.15, 0.2) is 11.1 Å². The van der Waals surface area contributed by atoms with E-state index in [0.717, 1.165) is 11.1 Å². The smallest absolute Gasteiger partial charge is 0.333 e. The molecule has 0 aromatic heterocycles. The maximum absolute atomic E-state index is 11.0. The molecule has 0 atom stereocenters. The number of esters is 1. The monoisotopic (exact) mass is 156 g/mol. The topological polar surface area (TPSA) is 26.3 Å². The average Bonchev–Trinajstić information content (AvgIpc) is 2.00. The molecule has 0 spiro atoms. The van der Waals surface area contributed by atoms with Gasteiger partial charge in [-0.2, -0.15) is 0 Å². The quantitative estimate of drug-likeness (QED) is 0.452. The highest BCUT2D eigenvalue weighted by Crippen LogP contribution is 2.14. The van der Waals surface area contributed by atoms with Crippen molar-refractivity contribution in [2.45, 2.75) is 27.7 Å². The highest BCUT2D eigenvalue weighted by atomic mass is 16.5. The third-order valence-corrected chi connectivity index (χ3v) is 1.95. The lowest BCUT2D eigenvalue weighted by Gasteiger charge is -2.08. The van der Waals surface area contributed by atoms with E-state index in [4.69, 9.17) is 0 Å². The molecule has 0 heterocycles. The lowest BCUT2D eigenvalue weighted by atomic mass is 10.0. The predicted octanol–water partition coefficient (Wildman–Crippen LogP) is 2.15. The van der Waals surface area contributed by atoms with Crippen molar-refractivity contribution in [3.8, 4) is 0 Å². The summed E-state index contributed by atoms with van der Waals surface area (Å²) in [4.78, 5) is 11.0. The Morgan fingerprint density at radius 3 is 2.00 bits per heavy atom. The molecule has 0 N–H and O–H groups in total. The maximum atomic E-state index is 11.0. The van der Waals surface area contributed by atoms with Crippen LogP contribution in [-0.4, -0.2) is 13.1 Å². The Bertz CT molecular complexity index is 178. The molecule has 0 aromatic carbocycles.